The molecule has 3 aromatic rings. The summed E-state index contributed by atoms with van der Waals surface area (Å²) in [5, 5.41) is 9.48. The van der Waals surface area contributed by atoms with Gasteiger partial charge in [-0.2, -0.15) is 0 Å². The number of carbonyl (C=O) groups is 2. The van der Waals surface area contributed by atoms with Gasteiger partial charge in [0.1, 0.15) is 5.75 Å². The monoisotopic (exact) mass is 503 g/mol. The lowest BCUT2D eigenvalue weighted by Crippen LogP contribution is -2.26. The molecule has 0 fully saturated rings. The molecule has 5 nitrogen and oxygen atoms in total. The zero-order valence-electron chi connectivity index (χ0n) is 18.2. The van der Waals surface area contributed by atoms with E-state index in [1.807, 2.05) is 74.5 Å². The third-order valence-electron chi connectivity index (χ3n) is 5.33. The lowest BCUT2D eigenvalue weighted by Gasteiger charge is -2.23. The van der Waals surface area contributed by atoms with Gasteiger partial charge in [0.2, 0.25) is 0 Å². The molecule has 0 spiro atoms. The highest BCUT2D eigenvalue weighted by Crippen LogP contribution is 2.37. The molecule has 33 heavy (non-hydrogen) atoms. The van der Waals surface area contributed by atoms with Crippen molar-refractivity contribution in [2.24, 2.45) is 0 Å². The lowest BCUT2D eigenvalue weighted by molar-refractivity contribution is -0.113. The van der Waals surface area contributed by atoms with Crippen LogP contribution in [-0.4, -0.2) is 23.6 Å². The van der Waals surface area contributed by atoms with Gasteiger partial charge in [-0.3, -0.25) is 9.69 Å². The van der Waals surface area contributed by atoms with Gasteiger partial charge in [0.25, 0.3) is 5.91 Å². The minimum atomic E-state index is -1.04. The standard InChI is InChI=1S/C27H22BrNO4/c1-3-33-25-12-10-18(14-22(25)28)13-21-16-24(19-7-5-4-6-8-19)29(26(21)30)23-15-20(27(31)32)11-9-17(23)2/h4-16H,3H2,1-2H3,(H,31,32)/b21-13+. The number of halogens is 1. The fourth-order valence-electron chi connectivity index (χ4n) is 3.72. The van der Waals surface area contributed by atoms with Crippen LogP contribution in [0.5, 0.6) is 5.75 Å². The van der Waals surface area contributed by atoms with Gasteiger partial charge in [-0.05, 0) is 82.9 Å². The fourth-order valence-corrected chi connectivity index (χ4v) is 4.23. The summed E-state index contributed by atoms with van der Waals surface area (Å²) in [7, 11) is 0. The normalized spacial score (nSPS) is 14.5. The number of carboxylic acids is 1. The number of hydrogen-bond acceptors (Lipinski definition) is 3. The highest BCUT2D eigenvalue weighted by atomic mass is 79.9. The van der Waals surface area contributed by atoms with E-state index in [0.29, 0.717) is 23.6 Å². The van der Waals surface area contributed by atoms with Crippen molar-refractivity contribution < 1.29 is 19.4 Å². The van der Waals surface area contributed by atoms with Gasteiger partial charge in [0.05, 0.1) is 28.0 Å². The molecule has 1 aliphatic rings. The maximum Gasteiger partial charge on any atom is 0.335 e. The van der Waals surface area contributed by atoms with E-state index in [-0.39, 0.29) is 11.5 Å². The summed E-state index contributed by atoms with van der Waals surface area (Å²) in [6.45, 7) is 4.35. The van der Waals surface area contributed by atoms with E-state index in [4.69, 9.17) is 4.74 Å². The van der Waals surface area contributed by atoms with Crippen LogP contribution in [0.1, 0.15) is 34.0 Å². The predicted octanol–water partition coefficient (Wildman–Crippen LogP) is 6.33. The summed E-state index contributed by atoms with van der Waals surface area (Å²) in [5.41, 5.74) is 4.39. The lowest BCUT2D eigenvalue weighted by atomic mass is 10.1. The molecule has 1 aliphatic heterocycles. The van der Waals surface area contributed by atoms with Gasteiger partial charge in [0, 0.05) is 5.57 Å². The summed E-state index contributed by atoms with van der Waals surface area (Å²) in [4.78, 5) is 26.8. The average molecular weight is 504 g/mol. The van der Waals surface area contributed by atoms with E-state index in [1.165, 1.54) is 0 Å². The Bertz CT molecular complexity index is 1290. The zero-order chi connectivity index (χ0) is 23.5. The van der Waals surface area contributed by atoms with Crippen LogP contribution in [0.25, 0.3) is 11.8 Å². The number of benzene rings is 3. The third-order valence-corrected chi connectivity index (χ3v) is 5.95. The van der Waals surface area contributed by atoms with E-state index in [0.717, 1.165) is 26.9 Å². The van der Waals surface area contributed by atoms with Gasteiger partial charge in [-0.15, -0.1) is 0 Å². The molecule has 0 aliphatic carbocycles. The number of anilines is 1. The molecule has 0 atom stereocenters. The number of aromatic carboxylic acids is 1. The second-order valence-electron chi connectivity index (χ2n) is 7.57. The van der Waals surface area contributed by atoms with Crippen molar-refractivity contribution >= 4 is 45.3 Å². The first-order valence-corrected chi connectivity index (χ1v) is 11.3. The number of nitrogens with zero attached hydrogens (tertiary/aromatic N) is 1. The van der Waals surface area contributed by atoms with Crippen LogP contribution in [0.3, 0.4) is 0 Å². The molecule has 0 aromatic heterocycles. The van der Waals surface area contributed by atoms with Crippen LogP contribution < -0.4 is 9.64 Å². The molecule has 166 valence electrons. The quantitative estimate of drug-likeness (QED) is 0.399. The van der Waals surface area contributed by atoms with E-state index < -0.39 is 5.97 Å². The number of rotatable bonds is 6. The molecule has 6 heteroatoms. The van der Waals surface area contributed by atoms with Gasteiger partial charge < -0.3 is 9.84 Å². The molecule has 1 heterocycles. The van der Waals surface area contributed by atoms with Crippen molar-refractivity contribution in [3.05, 3.63) is 105 Å². The molecule has 0 radical (unpaired) electrons. The Kier molecular flexibility index (Phi) is 6.47. The number of hydrogen-bond donors (Lipinski definition) is 1. The predicted molar refractivity (Wildman–Crippen MR) is 133 cm³/mol. The highest BCUT2D eigenvalue weighted by Gasteiger charge is 2.31. The Morgan fingerprint density at radius 2 is 1.85 bits per heavy atom. The summed E-state index contributed by atoms with van der Waals surface area (Å²) >= 11 is 3.52. The van der Waals surface area contributed by atoms with Crippen LogP contribution >= 0.6 is 15.9 Å². The van der Waals surface area contributed by atoms with Crippen LogP contribution in [0.2, 0.25) is 0 Å². The van der Waals surface area contributed by atoms with Gasteiger partial charge in [-0.25, -0.2) is 4.79 Å². The number of amides is 1. The van der Waals surface area contributed by atoms with Gasteiger partial charge >= 0.3 is 5.97 Å². The molecule has 1 amide bonds. The van der Waals surface area contributed by atoms with Crippen molar-refractivity contribution in [1.82, 2.24) is 0 Å². The SMILES string of the molecule is CCOc1ccc(/C=C2\C=C(c3ccccc3)N(c3cc(C(=O)O)ccc3C)C2=O)cc1Br. The fraction of sp³-hybridized carbons (Fsp3) is 0.111. The van der Waals surface area contributed by atoms with E-state index >= 15 is 0 Å². The maximum atomic E-state index is 13.6. The van der Waals surface area contributed by atoms with Crippen LogP contribution in [-0.2, 0) is 4.79 Å². The van der Waals surface area contributed by atoms with Gasteiger partial charge in [0.15, 0.2) is 0 Å². The third kappa shape index (κ3) is 4.61. The Hall–Kier alpha value is -3.64. The first-order chi connectivity index (χ1) is 15.9. The molecule has 0 bridgehead atoms. The smallest absolute Gasteiger partial charge is 0.335 e. The molecule has 1 N–H and O–H groups in total. The van der Waals surface area contributed by atoms with E-state index in [2.05, 4.69) is 15.9 Å². The maximum absolute atomic E-state index is 13.6. The van der Waals surface area contributed by atoms with Crippen molar-refractivity contribution in [2.75, 3.05) is 11.5 Å². The van der Waals surface area contributed by atoms with Crippen LogP contribution in [0, 0.1) is 6.92 Å². The van der Waals surface area contributed by atoms with E-state index in [1.54, 1.807) is 23.1 Å². The highest BCUT2D eigenvalue weighted by molar-refractivity contribution is 9.10. The summed E-state index contributed by atoms with van der Waals surface area (Å²) in [5.74, 6) is -0.520. The first-order valence-electron chi connectivity index (χ1n) is 10.5. The zero-order valence-corrected chi connectivity index (χ0v) is 19.8. The summed E-state index contributed by atoms with van der Waals surface area (Å²) in [6, 6.07) is 20.1. The second kappa shape index (κ2) is 9.46. The summed E-state index contributed by atoms with van der Waals surface area (Å²) in [6.07, 6.45) is 3.66. The molecular formula is C27H22BrNO4. The van der Waals surface area contributed by atoms with Crippen molar-refractivity contribution in [1.29, 1.82) is 0 Å². The van der Waals surface area contributed by atoms with Crippen molar-refractivity contribution in [3.63, 3.8) is 0 Å². The van der Waals surface area contributed by atoms with Gasteiger partial charge in [-0.1, -0.05) is 42.5 Å². The Labute approximate surface area is 200 Å². The molecule has 3 aromatic carbocycles. The topological polar surface area (TPSA) is 66.8 Å². The Morgan fingerprint density at radius 3 is 2.52 bits per heavy atom. The number of aryl methyl sites for hydroxylation is 1. The molecule has 0 unspecified atom stereocenters. The number of ether oxygens (including phenoxy) is 1. The number of carbonyl (C=O) groups excluding carboxylic acids is 1. The largest absolute Gasteiger partial charge is 0.493 e. The minimum Gasteiger partial charge on any atom is -0.493 e. The Balaban J connectivity index is 1.82. The van der Waals surface area contributed by atoms with Crippen LogP contribution in [0.15, 0.2) is 82.9 Å². The number of carboxylic acid groups (broad SMARTS) is 1. The minimum absolute atomic E-state index is 0.128. The van der Waals surface area contributed by atoms with E-state index in [9.17, 15) is 14.7 Å². The molecular weight excluding hydrogens is 482 g/mol. The average Bonchev–Trinajstić information content (AvgIpc) is 3.12. The Morgan fingerprint density at radius 1 is 1.09 bits per heavy atom. The van der Waals surface area contributed by atoms with Crippen LogP contribution in [0.4, 0.5) is 5.69 Å². The molecule has 4 rings (SSSR count). The molecule has 0 saturated carbocycles. The second-order valence-corrected chi connectivity index (χ2v) is 8.42. The molecule has 0 saturated heterocycles. The van der Waals surface area contributed by atoms with Crippen molar-refractivity contribution in [2.45, 2.75) is 13.8 Å². The van der Waals surface area contributed by atoms with Crippen molar-refractivity contribution in [3.8, 4) is 5.75 Å². The first kappa shape index (κ1) is 22.6. The summed E-state index contributed by atoms with van der Waals surface area (Å²) < 4.78 is 6.38.